The van der Waals surface area contributed by atoms with Crippen molar-refractivity contribution < 1.29 is 9.13 Å². The Balaban J connectivity index is 1.82. The third-order valence-electron chi connectivity index (χ3n) is 4.19. The second-order valence-electron chi connectivity index (χ2n) is 6.18. The standard InChI is InChI=1S/C20H19FN4O/c1-13-3-4-14(2)16(9-13)12-26-20-18(10-22)19(23)25(24-20)11-15-5-7-17(21)8-6-15/h3-9H,11-12,23H2,1-2H3. The van der Waals surface area contributed by atoms with Gasteiger partial charge in [-0.15, -0.1) is 5.10 Å². The lowest BCUT2D eigenvalue weighted by molar-refractivity contribution is 0.288. The van der Waals surface area contributed by atoms with E-state index < -0.39 is 0 Å². The van der Waals surface area contributed by atoms with Crippen LogP contribution >= 0.6 is 0 Å². The van der Waals surface area contributed by atoms with Gasteiger partial charge in [0.15, 0.2) is 5.56 Å². The molecule has 5 nitrogen and oxygen atoms in total. The molecule has 0 spiro atoms. The van der Waals surface area contributed by atoms with Gasteiger partial charge in [0.25, 0.3) is 5.88 Å². The Bertz CT molecular complexity index is 971. The molecule has 1 aromatic heterocycles. The maximum Gasteiger partial charge on any atom is 0.253 e. The molecule has 2 aromatic carbocycles. The van der Waals surface area contributed by atoms with E-state index >= 15 is 0 Å². The van der Waals surface area contributed by atoms with Crippen LogP contribution < -0.4 is 10.5 Å². The number of hydrogen-bond donors (Lipinski definition) is 1. The van der Waals surface area contributed by atoms with E-state index in [-0.39, 0.29) is 23.1 Å². The molecule has 6 heteroatoms. The van der Waals surface area contributed by atoms with Crippen LogP contribution in [0.1, 0.15) is 27.8 Å². The summed E-state index contributed by atoms with van der Waals surface area (Å²) in [7, 11) is 0. The van der Waals surface area contributed by atoms with Crippen molar-refractivity contribution in [2.45, 2.75) is 27.0 Å². The minimum Gasteiger partial charge on any atom is -0.471 e. The summed E-state index contributed by atoms with van der Waals surface area (Å²) in [6.45, 7) is 4.65. The fourth-order valence-corrected chi connectivity index (χ4v) is 2.64. The van der Waals surface area contributed by atoms with Gasteiger partial charge in [0.1, 0.15) is 24.3 Å². The lowest BCUT2D eigenvalue weighted by Gasteiger charge is -2.08. The van der Waals surface area contributed by atoms with Crippen LogP contribution in [0.4, 0.5) is 10.2 Å². The average molecular weight is 350 g/mol. The highest BCUT2D eigenvalue weighted by atomic mass is 19.1. The van der Waals surface area contributed by atoms with Gasteiger partial charge in [-0.25, -0.2) is 9.07 Å². The van der Waals surface area contributed by atoms with Gasteiger partial charge < -0.3 is 10.5 Å². The number of ether oxygens (including phenoxy) is 1. The lowest BCUT2D eigenvalue weighted by atomic mass is 10.1. The Morgan fingerprint density at radius 3 is 2.62 bits per heavy atom. The summed E-state index contributed by atoms with van der Waals surface area (Å²) in [5.74, 6) is 0.123. The molecule has 0 radical (unpaired) electrons. The summed E-state index contributed by atoms with van der Waals surface area (Å²) in [6, 6.07) is 14.2. The number of aryl methyl sites for hydroxylation is 2. The van der Waals surface area contributed by atoms with Crippen molar-refractivity contribution in [2.75, 3.05) is 5.73 Å². The predicted octanol–water partition coefficient (Wildman–Crippen LogP) is 3.72. The fraction of sp³-hybridized carbons (Fsp3) is 0.200. The van der Waals surface area contributed by atoms with Crippen molar-refractivity contribution in [1.82, 2.24) is 9.78 Å². The molecule has 2 N–H and O–H groups in total. The van der Waals surface area contributed by atoms with Gasteiger partial charge in [0, 0.05) is 0 Å². The number of rotatable bonds is 5. The second-order valence-corrected chi connectivity index (χ2v) is 6.18. The highest BCUT2D eigenvalue weighted by Crippen LogP contribution is 2.25. The van der Waals surface area contributed by atoms with Gasteiger partial charge in [0.2, 0.25) is 0 Å². The Morgan fingerprint density at radius 2 is 1.92 bits per heavy atom. The highest BCUT2D eigenvalue weighted by Gasteiger charge is 2.17. The van der Waals surface area contributed by atoms with Crippen molar-refractivity contribution in [3.05, 3.63) is 76.1 Å². The van der Waals surface area contributed by atoms with Crippen LogP contribution in [0.5, 0.6) is 5.88 Å². The Morgan fingerprint density at radius 1 is 1.19 bits per heavy atom. The summed E-state index contributed by atoms with van der Waals surface area (Å²) >= 11 is 0. The smallest absolute Gasteiger partial charge is 0.253 e. The van der Waals surface area contributed by atoms with E-state index in [0.29, 0.717) is 13.2 Å². The van der Waals surface area contributed by atoms with Gasteiger partial charge in [-0.1, -0.05) is 35.9 Å². The molecule has 0 fully saturated rings. The predicted molar refractivity (Wildman–Crippen MR) is 97.1 cm³/mol. The number of aromatic nitrogens is 2. The van der Waals surface area contributed by atoms with E-state index in [1.165, 1.54) is 16.8 Å². The molecule has 1 heterocycles. The number of benzene rings is 2. The van der Waals surface area contributed by atoms with Crippen LogP contribution in [-0.2, 0) is 13.2 Å². The van der Waals surface area contributed by atoms with E-state index in [2.05, 4.69) is 5.10 Å². The van der Waals surface area contributed by atoms with E-state index in [1.807, 2.05) is 38.1 Å². The van der Waals surface area contributed by atoms with Crippen molar-refractivity contribution in [2.24, 2.45) is 0 Å². The maximum atomic E-state index is 13.0. The number of nitrogens with two attached hydrogens (primary N) is 1. The number of nitriles is 1. The third kappa shape index (κ3) is 3.67. The summed E-state index contributed by atoms with van der Waals surface area (Å²) < 4.78 is 20.3. The van der Waals surface area contributed by atoms with Crippen molar-refractivity contribution in [3.8, 4) is 11.9 Å². The van der Waals surface area contributed by atoms with Gasteiger partial charge in [-0.2, -0.15) is 5.26 Å². The number of halogens is 1. The van der Waals surface area contributed by atoms with Crippen LogP contribution in [0.2, 0.25) is 0 Å². The molecule has 26 heavy (non-hydrogen) atoms. The zero-order chi connectivity index (χ0) is 18.7. The molecule has 132 valence electrons. The van der Waals surface area contributed by atoms with Crippen LogP contribution in [0.3, 0.4) is 0 Å². The number of nitrogen functional groups attached to an aromatic ring is 1. The molecule has 0 atom stereocenters. The van der Waals surface area contributed by atoms with Gasteiger partial charge in [-0.3, -0.25) is 0 Å². The van der Waals surface area contributed by atoms with Crippen molar-refractivity contribution in [3.63, 3.8) is 0 Å². The summed E-state index contributed by atoms with van der Waals surface area (Å²) in [5.41, 5.74) is 10.3. The maximum absolute atomic E-state index is 13.0. The molecule has 0 saturated carbocycles. The van der Waals surface area contributed by atoms with Crippen LogP contribution in [0, 0.1) is 31.0 Å². The largest absolute Gasteiger partial charge is 0.471 e. The summed E-state index contributed by atoms with van der Waals surface area (Å²) in [5, 5.41) is 13.7. The first-order valence-electron chi connectivity index (χ1n) is 8.17. The Labute approximate surface area is 151 Å². The highest BCUT2D eigenvalue weighted by molar-refractivity contribution is 5.55. The van der Waals surface area contributed by atoms with E-state index in [0.717, 1.165) is 22.3 Å². The molecular weight excluding hydrogens is 331 g/mol. The fourth-order valence-electron chi connectivity index (χ4n) is 2.64. The topological polar surface area (TPSA) is 76.9 Å². The zero-order valence-electron chi connectivity index (χ0n) is 14.7. The van der Waals surface area contributed by atoms with E-state index in [1.54, 1.807) is 12.1 Å². The molecule has 0 saturated heterocycles. The SMILES string of the molecule is Cc1ccc(C)c(COc2nn(Cc3ccc(F)cc3)c(N)c2C#N)c1. The normalized spacial score (nSPS) is 10.5. The Kier molecular flexibility index (Phi) is 4.90. The molecule has 0 amide bonds. The summed E-state index contributed by atoms with van der Waals surface area (Å²) in [4.78, 5) is 0. The van der Waals surface area contributed by atoms with Crippen molar-refractivity contribution in [1.29, 1.82) is 5.26 Å². The summed E-state index contributed by atoms with van der Waals surface area (Å²) in [6.07, 6.45) is 0. The molecule has 0 aliphatic carbocycles. The molecule has 3 rings (SSSR count). The lowest BCUT2D eigenvalue weighted by Crippen LogP contribution is -2.06. The van der Waals surface area contributed by atoms with Gasteiger partial charge >= 0.3 is 0 Å². The minimum atomic E-state index is -0.308. The molecule has 0 unspecified atom stereocenters. The first-order chi connectivity index (χ1) is 12.5. The van der Waals surface area contributed by atoms with Crippen molar-refractivity contribution >= 4 is 5.82 Å². The monoisotopic (exact) mass is 350 g/mol. The first-order valence-corrected chi connectivity index (χ1v) is 8.17. The minimum absolute atomic E-state index is 0.202. The zero-order valence-corrected chi connectivity index (χ0v) is 14.7. The first kappa shape index (κ1) is 17.5. The molecule has 0 aliphatic rings. The molecule has 0 aliphatic heterocycles. The third-order valence-corrected chi connectivity index (χ3v) is 4.19. The van der Waals surface area contributed by atoms with Crippen LogP contribution in [-0.4, -0.2) is 9.78 Å². The number of hydrogen-bond acceptors (Lipinski definition) is 4. The average Bonchev–Trinajstić information content (AvgIpc) is 2.92. The van der Waals surface area contributed by atoms with E-state index in [9.17, 15) is 9.65 Å². The van der Waals surface area contributed by atoms with Gasteiger partial charge in [-0.05, 0) is 42.7 Å². The number of anilines is 1. The van der Waals surface area contributed by atoms with Crippen LogP contribution in [0.25, 0.3) is 0 Å². The van der Waals surface area contributed by atoms with Crippen LogP contribution in [0.15, 0.2) is 42.5 Å². The van der Waals surface area contributed by atoms with E-state index in [4.69, 9.17) is 10.5 Å². The molecular formula is C20H19FN4O. The molecule has 3 aromatic rings. The molecule has 0 bridgehead atoms. The Hall–Kier alpha value is -3.33. The van der Waals surface area contributed by atoms with Gasteiger partial charge in [0.05, 0.1) is 6.54 Å². The quantitative estimate of drug-likeness (QED) is 0.761. The number of nitrogens with zero attached hydrogens (tertiary/aromatic N) is 3. The second kappa shape index (κ2) is 7.28.